The van der Waals surface area contributed by atoms with Gasteiger partial charge in [0.15, 0.2) is 0 Å². The molecule has 0 amide bonds. The van der Waals surface area contributed by atoms with Gasteiger partial charge in [0.05, 0.1) is 0 Å². The predicted octanol–water partition coefficient (Wildman–Crippen LogP) is 3.36. The average molecular weight is 178 g/mol. The molecule has 0 aliphatic carbocycles. The van der Waals surface area contributed by atoms with Crippen molar-refractivity contribution in [1.82, 2.24) is 0 Å². The third-order valence-electron chi connectivity index (χ3n) is 2.27. The van der Waals surface area contributed by atoms with Crippen molar-refractivity contribution in [3.05, 3.63) is 34.7 Å². The highest BCUT2D eigenvalue weighted by molar-refractivity contribution is 8.20. The van der Waals surface area contributed by atoms with Gasteiger partial charge in [0, 0.05) is 0 Å². The minimum Gasteiger partial charge on any atom is -0.206 e. The van der Waals surface area contributed by atoms with E-state index >= 15 is 0 Å². The summed E-state index contributed by atoms with van der Waals surface area (Å²) in [4.78, 5) is 1.57. The molecule has 1 aromatic carbocycles. The Balaban J connectivity index is 2.47. The van der Waals surface area contributed by atoms with Gasteiger partial charge < -0.3 is 0 Å². The maximum absolute atomic E-state index is 2.37. The largest absolute Gasteiger partial charge is 0.206 e. The van der Waals surface area contributed by atoms with Crippen molar-refractivity contribution in [2.24, 2.45) is 0 Å². The average Bonchev–Trinajstić information content (AvgIpc) is 2.46. The summed E-state index contributed by atoms with van der Waals surface area (Å²) in [6, 6.07) is 6.79. The SMILES string of the molecule is CC[SH]1C=Cc2cc(C)ccc21. The molecule has 64 valence electrons. The molecule has 12 heavy (non-hydrogen) atoms. The summed E-state index contributed by atoms with van der Waals surface area (Å²) in [6.07, 6.45) is 2.28. The summed E-state index contributed by atoms with van der Waals surface area (Å²) in [7, 11) is 0.0483. The molecule has 1 aromatic rings. The van der Waals surface area contributed by atoms with Crippen LogP contribution in [0, 0.1) is 6.92 Å². The summed E-state index contributed by atoms with van der Waals surface area (Å²) < 4.78 is 0. The Labute approximate surface area is 76.7 Å². The van der Waals surface area contributed by atoms with Crippen LogP contribution in [0.1, 0.15) is 18.1 Å². The molecule has 1 aliphatic heterocycles. The van der Waals surface area contributed by atoms with Gasteiger partial charge in [-0.05, 0) is 40.7 Å². The lowest BCUT2D eigenvalue weighted by Gasteiger charge is -2.12. The number of fused-ring (bicyclic) bond motifs is 1. The topological polar surface area (TPSA) is 0 Å². The molecular formula is C11H14S. The van der Waals surface area contributed by atoms with Crippen molar-refractivity contribution in [3.8, 4) is 0 Å². The number of thiol groups is 1. The molecule has 0 spiro atoms. The zero-order valence-electron chi connectivity index (χ0n) is 7.54. The minimum atomic E-state index is 0.0483. The minimum absolute atomic E-state index is 0.0483. The van der Waals surface area contributed by atoms with Gasteiger partial charge in [-0.25, -0.2) is 10.9 Å². The quantitative estimate of drug-likeness (QED) is 0.626. The van der Waals surface area contributed by atoms with E-state index in [1.807, 2.05) is 0 Å². The Morgan fingerprint density at radius 2 is 2.17 bits per heavy atom. The van der Waals surface area contributed by atoms with E-state index in [-0.39, 0.29) is 10.9 Å². The summed E-state index contributed by atoms with van der Waals surface area (Å²) in [6.45, 7) is 4.42. The van der Waals surface area contributed by atoms with Gasteiger partial charge >= 0.3 is 0 Å². The van der Waals surface area contributed by atoms with Crippen LogP contribution >= 0.6 is 10.9 Å². The molecule has 2 rings (SSSR count). The second kappa shape index (κ2) is 2.98. The van der Waals surface area contributed by atoms with Gasteiger partial charge in [-0.3, -0.25) is 0 Å². The number of rotatable bonds is 1. The first-order valence-electron chi connectivity index (χ1n) is 4.37. The molecule has 0 saturated carbocycles. The van der Waals surface area contributed by atoms with Crippen LogP contribution in [0.25, 0.3) is 6.08 Å². The molecule has 0 fully saturated rings. The van der Waals surface area contributed by atoms with Crippen LogP contribution in [0.3, 0.4) is 0 Å². The number of benzene rings is 1. The van der Waals surface area contributed by atoms with Crippen LogP contribution in [0.15, 0.2) is 28.5 Å². The molecule has 1 heteroatoms. The second-order valence-electron chi connectivity index (χ2n) is 3.16. The summed E-state index contributed by atoms with van der Waals surface area (Å²) in [5, 5.41) is 2.37. The molecule has 0 bridgehead atoms. The highest BCUT2D eigenvalue weighted by atomic mass is 32.2. The van der Waals surface area contributed by atoms with E-state index in [0.717, 1.165) is 0 Å². The predicted molar refractivity (Wildman–Crippen MR) is 58.0 cm³/mol. The standard InChI is InChI=1S/C11H14S/c1-3-12-7-6-10-8-9(2)4-5-11(10)12/h4-8,12H,3H2,1-2H3. The Morgan fingerprint density at radius 1 is 1.33 bits per heavy atom. The molecular weight excluding hydrogens is 164 g/mol. The van der Waals surface area contributed by atoms with Crippen molar-refractivity contribution in [2.45, 2.75) is 18.7 Å². The molecule has 0 nitrogen and oxygen atoms in total. The van der Waals surface area contributed by atoms with Gasteiger partial charge in [-0.15, -0.1) is 0 Å². The zero-order valence-corrected chi connectivity index (χ0v) is 8.44. The zero-order chi connectivity index (χ0) is 8.55. The van der Waals surface area contributed by atoms with E-state index in [9.17, 15) is 0 Å². The first-order valence-corrected chi connectivity index (χ1v) is 5.96. The molecule has 1 heterocycles. The van der Waals surface area contributed by atoms with Crippen LogP contribution in [-0.4, -0.2) is 5.75 Å². The summed E-state index contributed by atoms with van der Waals surface area (Å²) in [5.74, 6) is 1.28. The van der Waals surface area contributed by atoms with Gasteiger partial charge in [-0.2, -0.15) is 0 Å². The second-order valence-corrected chi connectivity index (χ2v) is 5.52. The Kier molecular flexibility index (Phi) is 1.97. The maximum atomic E-state index is 2.37. The highest BCUT2D eigenvalue weighted by Gasteiger charge is 2.11. The fourth-order valence-electron chi connectivity index (χ4n) is 1.60. The van der Waals surface area contributed by atoms with Crippen molar-refractivity contribution in [1.29, 1.82) is 0 Å². The van der Waals surface area contributed by atoms with Crippen LogP contribution in [0.5, 0.6) is 0 Å². The Morgan fingerprint density at radius 3 is 2.92 bits per heavy atom. The highest BCUT2D eigenvalue weighted by Crippen LogP contribution is 2.45. The first kappa shape index (κ1) is 7.93. The van der Waals surface area contributed by atoms with Crippen LogP contribution in [0.2, 0.25) is 0 Å². The third-order valence-corrected chi connectivity index (χ3v) is 4.48. The third kappa shape index (κ3) is 1.18. The Bertz CT molecular complexity index is 326. The summed E-state index contributed by atoms with van der Waals surface area (Å²) in [5.41, 5.74) is 2.81. The fourth-order valence-corrected chi connectivity index (χ4v) is 3.38. The van der Waals surface area contributed by atoms with Crippen molar-refractivity contribution in [2.75, 3.05) is 5.75 Å². The summed E-state index contributed by atoms with van der Waals surface area (Å²) >= 11 is 0. The Hall–Kier alpha value is -0.690. The normalized spacial score (nSPS) is 22.7. The van der Waals surface area contributed by atoms with Crippen molar-refractivity contribution >= 4 is 17.0 Å². The van der Waals surface area contributed by atoms with E-state index in [0.29, 0.717) is 0 Å². The van der Waals surface area contributed by atoms with E-state index in [2.05, 4.69) is 43.5 Å². The van der Waals surface area contributed by atoms with E-state index < -0.39 is 0 Å². The lowest BCUT2D eigenvalue weighted by molar-refractivity contribution is 1.35. The van der Waals surface area contributed by atoms with Crippen molar-refractivity contribution in [3.63, 3.8) is 0 Å². The lowest BCUT2D eigenvalue weighted by atomic mass is 10.1. The van der Waals surface area contributed by atoms with Gasteiger partial charge in [0.25, 0.3) is 0 Å². The van der Waals surface area contributed by atoms with Crippen molar-refractivity contribution < 1.29 is 0 Å². The van der Waals surface area contributed by atoms with Gasteiger partial charge in [0.2, 0.25) is 0 Å². The number of aryl methyl sites for hydroxylation is 1. The molecule has 0 aromatic heterocycles. The van der Waals surface area contributed by atoms with Crippen LogP contribution in [0.4, 0.5) is 0 Å². The maximum Gasteiger partial charge on any atom is -0.00173 e. The molecule has 1 atom stereocenters. The van der Waals surface area contributed by atoms with Gasteiger partial charge in [0.1, 0.15) is 0 Å². The lowest BCUT2D eigenvalue weighted by Crippen LogP contribution is -1.82. The monoisotopic (exact) mass is 178 g/mol. The van der Waals surface area contributed by atoms with E-state index in [1.54, 1.807) is 4.90 Å². The fraction of sp³-hybridized carbons (Fsp3) is 0.273. The molecule has 1 aliphatic rings. The number of hydrogen-bond donors (Lipinski definition) is 1. The van der Waals surface area contributed by atoms with Crippen LogP contribution in [-0.2, 0) is 0 Å². The molecule has 1 unspecified atom stereocenters. The van der Waals surface area contributed by atoms with Crippen LogP contribution < -0.4 is 0 Å². The number of hydrogen-bond acceptors (Lipinski definition) is 0. The van der Waals surface area contributed by atoms with Gasteiger partial charge in [-0.1, -0.05) is 24.6 Å². The molecule has 0 N–H and O–H groups in total. The smallest absolute Gasteiger partial charge is 0.00173 e. The molecule has 0 saturated heterocycles. The first-order chi connectivity index (χ1) is 5.81. The van der Waals surface area contributed by atoms with E-state index in [4.69, 9.17) is 0 Å². The van der Waals surface area contributed by atoms with E-state index in [1.165, 1.54) is 16.9 Å². The molecule has 0 radical (unpaired) electrons.